The molecule has 0 aromatic heterocycles. The maximum atomic E-state index is 3.76. The largest absolute Gasteiger partial charge is 0.312 e. The predicted molar refractivity (Wildman–Crippen MR) is 74.3 cm³/mol. The van der Waals surface area contributed by atoms with Crippen LogP contribution < -0.4 is 5.32 Å². The molecule has 0 aromatic carbocycles. The van der Waals surface area contributed by atoms with Crippen molar-refractivity contribution in [3.05, 3.63) is 0 Å². The lowest BCUT2D eigenvalue weighted by Crippen LogP contribution is -2.49. The van der Waals surface area contributed by atoms with E-state index >= 15 is 0 Å². The van der Waals surface area contributed by atoms with Gasteiger partial charge in [-0.1, -0.05) is 26.7 Å². The topological polar surface area (TPSA) is 15.3 Å². The molecule has 2 unspecified atom stereocenters. The summed E-state index contributed by atoms with van der Waals surface area (Å²) in [4.78, 5) is 2.77. The summed E-state index contributed by atoms with van der Waals surface area (Å²) in [5.41, 5.74) is 0. The maximum Gasteiger partial charge on any atom is 0.0249 e. The molecular formula is C15H30N2. The summed E-state index contributed by atoms with van der Waals surface area (Å²) in [6.45, 7) is 8.41. The molecule has 100 valence electrons. The molecule has 0 amide bonds. The van der Waals surface area contributed by atoms with Crippen molar-refractivity contribution in [3.63, 3.8) is 0 Å². The number of hydrogen-bond donors (Lipinski definition) is 1. The number of likely N-dealkylation sites (N-methyl/N-ethyl adjacent to an activating group) is 1. The van der Waals surface area contributed by atoms with Crippen LogP contribution in [0.2, 0.25) is 0 Å². The molecule has 2 nitrogen and oxygen atoms in total. The zero-order valence-corrected chi connectivity index (χ0v) is 11.8. The lowest BCUT2D eigenvalue weighted by molar-refractivity contribution is 0.124. The molecule has 1 N–H and O–H groups in total. The van der Waals surface area contributed by atoms with E-state index in [-0.39, 0.29) is 0 Å². The van der Waals surface area contributed by atoms with E-state index in [1.807, 2.05) is 0 Å². The molecule has 0 aliphatic heterocycles. The van der Waals surface area contributed by atoms with E-state index in [1.165, 1.54) is 64.6 Å². The van der Waals surface area contributed by atoms with Crippen molar-refractivity contribution in [2.24, 2.45) is 5.92 Å². The Kier molecular flexibility index (Phi) is 5.30. The number of nitrogens with one attached hydrogen (secondary N) is 1. The van der Waals surface area contributed by atoms with E-state index in [2.05, 4.69) is 24.1 Å². The molecule has 0 saturated heterocycles. The minimum Gasteiger partial charge on any atom is -0.312 e. The first-order valence-electron chi connectivity index (χ1n) is 7.82. The van der Waals surface area contributed by atoms with E-state index in [1.54, 1.807) is 0 Å². The standard InChI is InChI=1S/C15H30N2/c1-3-11-16-14-9-6-10-15(14)17(4-2)12-13-7-5-8-13/h13-16H,3-12H2,1-2H3. The predicted octanol–water partition coefficient (Wildman–Crippen LogP) is 3.03. The fourth-order valence-electron chi connectivity index (χ4n) is 3.45. The van der Waals surface area contributed by atoms with Crippen molar-refractivity contribution < 1.29 is 0 Å². The molecule has 17 heavy (non-hydrogen) atoms. The molecule has 0 heterocycles. The lowest BCUT2D eigenvalue weighted by atomic mass is 9.84. The first-order chi connectivity index (χ1) is 8.35. The Labute approximate surface area is 107 Å². The smallest absolute Gasteiger partial charge is 0.0249 e. The second kappa shape index (κ2) is 6.75. The average molecular weight is 238 g/mol. The molecule has 2 aliphatic rings. The summed E-state index contributed by atoms with van der Waals surface area (Å²) in [5.74, 6) is 1.02. The fourth-order valence-corrected chi connectivity index (χ4v) is 3.45. The molecule has 0 aromatic rings. The SMILES string of the molecule is CCCNC1CCCC1N(CC)CC1CCC1. The molecule has 2 saturated carbocycles. The van der Waals surface area contributed by atoms with Crippen molar-refractivity contribution in [1.82, 2.24) is 10.2 Å². The highest BCUT2D eigenvalue weighted by Gasteiger charge is 2.32. The summed E-state index contributed by atoms with van der Waals surface area (Å²) in [6.07, 6.45) is 9.94. The van der Waals surface area contributed by atoms with Gasteiger partial charge in [0.15, 0.2) is 0 Å². The van der Waals surface area contributed by atoms with E-state index in [9.17, 15) is 0 Å². The summed E-state index contributed by atoms with van der Waals surface area (Å²) in [5, 5.41) is 3.76. The van der Waals surface area contributed by atoms with Crippen molar-refractivity contribution in [3.8, 4) is 0 Å². The second-order valence-corrected chi connectivity index (χ2v) is 5.94. The van der Waals surface area contributed by atoms with Crippen molar-refractivity contribution >= 4 is 0 Å². The molecule has 0 radical (unpaired) electrons. The quantitative estimate of drug-likeness (QED) is 0.733. The van der Waals surface area contributed by atoms with Gasteiger partial charge < -0.3 is 5.32 Å². The van der Waals surface area contributed by atoms with Crippen LogP contribution in [0.3, 0.4) is 0 Å². The number of hydrogen-bond acceptors (Lipinski definition) is 2. The highest BCUT2D eigenvalue weighted by molar-refractivity contribution is 4.91. The van der Waals surface area contributed by atoms with Crippen LogP contribution in [0.5, 0.6) is 0 Å². The maximum absolute atomic E-state index is 3.76. The molecule has 2 aliphatic carbocycles. The van der Waals surface area contributed by atoms with Gasteiger partial charge in [-0.05, 0) is 51.1 Å². The van der Waals surface area contributed by atoms with E-state index in [0.717, 1.165) is 18.0 Å². The molecular weight excluding hydrogens is 208 g/mol. The number of nitrogens with zero attached hydrogens (tertiary/aromatic N) is 1. The summed E-state index contributed by atoms with van der Waals surface area (Å²) in [7, 11) is 0. The van der Waals surface area contributed by atoms with Gasteiger partial charge in [-0.2, -0.15) is 0 Å². The highest BCUT2D eigenvalue weighted by atomic mass is 15.2. The van der Waals surface area contributed by atoms with Gasteiger partial charge in [0.05, 0.1) is 0 Å². The fraction of sp³-hybridized carbons (Fsp3) is 1.00. The van der Waals surface area contributed by atoms with E-state index < -0.39 is 0 Å². The highest BCUT2D eigenvalue weighted by Crippen LogP contribution is 2.31. The van der Waals surface area contributed by atoms with Gasteiger partial charge in [0.25, 0.3) is 0 Å². The van der Waals surface area contributed by atoms with Crippen molar-refractivity contribution in [2.75, 3.05) is 19.6 Å². The van der Waals surface area contributed by atoms with Crippen LogP contribution in [0.1, 0.15) is 58.8 Å². The zero-order chi connectivity index (χ0) is 12.1. The normalized spacial score (nSPS) is 29.8. The van der Waals surface area contributed by atoms with Crippen LogP contribution in [0.15, 0.2) is 0 Å². The Morgan fingerprint density at radius 3 is 2.41 bits per heavy atom. The first kappa shape index (κ1) is 13.4. The first-order valence-corrected chi connectivity index (χ1v) is 7.82. The van der Waals surface area contributed by atoms with Crippen LogP contribution >= 0.6 is 0 Å². The van der Waals surface area contributed by atoms with Crippen LogP contribution in [0, 0.1) is 5.92 Å². The molecule has 2 heteroatoms. The van der Waals surface area contributed by atoms with Crippen LogP contribution in [-0.2, 0) is 0 Å². The Balaban J connectivity index is 1.82. The summed E-state index contributed by atoms with van der Waals surface area (Å²) in [6, 6.07) is 1.60. The lowest BCUT2D eigenvalue weighted by Gasteiger charge is -2.38. The van der Waals surface area contributed by atoms with E-state index in [4.69, 9.17) is 0 Å². The van der Waals surface area contributed by atoms with Crippen LogP contribution in [0.4, 0.5) is 0 Å². The summed E-state index contributed by atoms with van der Waals surface area (Å²) < 4.78 is 0. The molecule has 2 fully saturated rings. The Hall–Kier alpha value is -0.0800. The van der Waals surface area contributed by atoms with Gasteiger partial charge in [-0.3, -0.25) is 4.90 Å². The minimum atomic E-state index is 0.773. The zero-order valence-electron chi connectivity index (χ0n) is 11.8. The summed E-state index contributed by atoms with van der Waals surface area (Å²) >= 11 is 0. The Bertz CT molecular complexity index is 213. The third-order valence-corrected chi connectivity index (χ3v) is 4.73. The monoisotopic (exact) mass is 238 g/mol. The second-order valence-electron chi connectivity index (χ2n) is 5.94. The van der Waals surface area contributed by atoms with Gasteiger partial charge in [0.1, 0.15) is 0 Å². The van der Waals surface area contributed by atoms with Gasteiger partial charge >= 0.3 is 0 Å². The third kappa shape index (κ3) is 3.45. The molecule has 0 bridgehead atoms. The van der Waals surface area contributed by atoms with Crippen LogP contribution in [-0.4, -0.2) is 36.6 Å². The van der Waals surface area contributed by atoms with Crippen molar-refractivity contribution in [1.29, 1.82) is 0 Å². The third-order valence-electron chi connectivity index (χ3n) is 4.73. The minimum absolute atomic E-state index is 0.773. The Morgan fingerprint density at radius 1 is 1.06 bits per heavy atom. The average Bonchev–Trinajstić information content (AvgIpc) is 2.73. The van der Waals surface area contributed by atoms with E-state index in [0.29, 0.717) is 0 Å². The van der Waals surface area contributed by atoms with Crippen molar-refractivity contribution in [2.45, 2.75) is 70.9 Å². The van der Waals surface area contributed by atoms with Gasteiger partial charge in [-0.15, -0.1) is 0 Å². The number of rotatable bonds is 7. The van der Waals surface area contributed by atoms with Crippen LogP contribution in [0.25, 0.3) is 0 Å². The Morgan fingerprint density at radius 2 is 1.82 bits per heavy atom. The van der Waals surface area contributed by atoms with Gasteiger partial charge in [-0.25, -0.2) is 0 Å². The molecule has 2 rings (SSSR count). The molecule has 2 atom stereocenters. The van der Waals surface area contributed by atoms with Gasteiger partial charge in [0, 0.05) is 18.6 Å². The van der Waals surface area contributed by atoms with Gasteiger partial charge in [0.2, 0.25) is 0 Å². The molecule has 0 spiro atoms.